The number of benzene rings is 2. The Morgan fingerprint density at radius 3 is 2.68 bits per heavy atom. The van der Waals surface area contributed by atoms with Crippen LogP contribution < -0.4 is 0 Å². The highest BCUT2D eigenvalue weighted by Crippen LogP contribution is 2.28. The fraction of sp³-hybridized carbons (Fsp3) is 0.125. The van der Waals surface area contributed by atoms with Crippen molar-refractivity contribution in [1.82, 2.24) is 14.8 Å². The van der Waals surface area contributed by atoms with Crippen molar-refractivity contribution in [2.45, 2.75) is 17.8 Å². The molecule has 2 aromatic carbocycles. The lowest BCUT2D eigenvalue weighted by Gasteiger charge is -2.09. The van der Waals surface area contributed by atoms with Crippen molar-refractivity contribution in [3.8, 4) is 5.69 Å². The molecule has 112 valence electrons. The van der Waals surface area contributed by atoms with Crippen molar-refractivity contribution in [3.63, 3.8) is 0 Å². The smallest absolute Gasteiger partial charge is 0.195 e. The maximum Gasteiger partial charge on any atom is 0.195 e. The summed E-state index contributed by atoms with van der Waals surface area (Å²) in [5, 5.41) is 10.2. The molecule has 1 aromatic heterocycles. The molecule has 0 amide bonds. The third-order valence-corrected chi connectivity index (χ3v) is 5.00. The van der Waals surface area contributed by atoms with Gasteiger partial charge in [0.05, 0.1) is 15.7 Å². The van der Waals surface area contributed by atoms with Crippen LogP contribution in [0.4, 0.5) is 0 Å². The van der Waals surface area contributed by atoms with E-state index in [1.165, 1.54) is 5.56 Å². The van der Waals surface area contributed by atoms with Crippen LogP contribution in [0.2, 0.25) is 10.0 Å². The summed E-state index contributed by atoms with van der Waals surface area (Å²) < 4.78 is 2.00. The molecule has 0 saturated carbocycles. The monoisotopic (exact) mass is 349 g/mol. The summed E-state index contributed by atoms with van der Waals surface area (Å²) in [4.78, 5) is 0. The van der Waals surface area contributed by atoms with Crippen molar-refractivity contribution in [3.05, 3.63) is 70.0 Å². The fourth-order valence-electron chi connectivity index (χ4n) is 2.10. The normalized spacial score (nSPS) is 10.9. The number of rotatable bonds is 4. The van der Waals surface area contributed by atoms with Gasteiger partial charge >= 0.3 is 0 Å². The molecule has 3 rings (SSSR count). The van der Waals surface area contributed by atoms with Crippen LogP contribution in [0, 0.1) is 6.92 Å². The fourth-order valence-corrected chi connectivity index (χ4v) is 3.28. The van der Waals surface area contributed by atoms with Gasteiger partial charge < -0.3 is 0 Å². The Labute approximate surface area is 143 Å². The molecule has 3 nitrogen and oxygen atoms in total. The summed E-state index contributed by atoms with van der Waals surface area (Å²) in [5.41, 5.74) is 3.36. The molecule has 0 aliphatic heterocycles. The average molecular weight is 350 g/mol. The number of aryl methyl sites for hydroxylation is 1. The molecule has 22 heavy (non-hydrogen) atoms. The first-order chi connectivity index (χ1) is 10.6. The van der Waals surface area contributed by atoms with Crippen molar-refractivity contribution < 1.29 is 0 Å². The lowest BCUT2D eigenvalue weighted by Crippen LogP contribution is -1.97. The Bertz CT molecular complexity index is 802. The van der Waals surface area contributed by atoms with Crippen LogP contribution in [0.5, 0.6) is 0 Å². The maximum absolute atomic E-state index is 6.05. The first-order valence-electron chi connectivity index (χ1n) is 6.68. The van der Waals surface area contributed by atoms with E-state index in [0.717, 1.165) is 22.2 Å². The van der Waals surface area contributed by atoms with Gasteiger partial charge in [-0.05, 0) is 36.2 Å². The number of thioether (sulfide) groups is 1. The van der Waals surface area contributed by atoms with Crippen LogP contribution in [0.1, 0.15) is 11.1 Å². The molecule has 0 N–H and O–H groups in total. The van der Waals surface area contributed by atoms with Gasteiger partial charge in [0, 0.05) is 5.75 Å². The van der Waals surface area contributed by atoms with Crippen LogP contribution in [-0.2, 0) is 5.75 Å². The summed E-state index contributed by atoms with van der Waals surface area (Å²) >= 11 is 13.6. The van der Waals surface area contributed by atoms with E-state index in [1.807, 2.05) is 34.9 Å². The predicted octanol–water partition coefficient (Wildman–Crippen LogP) is 5.17. The third kappa shape index (κ3) is 3.29. The molecule has 6 heteroatoms. The van der Waals surface area contributed by atoms with Gasteiger partial charge in [0.15, 0.2) is 5.16 Å². The zero-order valence-corrected chi connectivity index (χ0v) is 14.2. The Morgan fingerprint density at radius 2 is 1.91 bits per heavy atom. The van der Waals surface area contributed by atoms with E-state index in [-0.39, 0.29) is 0 Å². The second-order valence-electron chi connectivity index (χ2n) is 4.81. The van der Waals surface area contributed by atoms with Gasteiger partial charge in [-0.25, -0.2) is 0 Å². The standard InChI is InChI=1S/C16H13Cl2N3S/c1-11-4-2-3-5-15(11)21-10-19-20-16(21)22-9-12-6-7-13(17)14(18)8-12/h2-8,10H,9H2,1H3. The molecule has 0 atom stereocenters. The molecule has 0 saturated heterocycles. The van der Waals surface area contributed by atoms with E-state index in [9.17, 15) is 0 Å². The zero-order valence-electron chi connectivity index (χ0n) is 11.8. The molecule has 0 unspecified atom stereocenters. The predicted molar refractivity (Wildman–Crippen MR) is 92.1 cm³/mol. The van der Waals surface area contributed by atoms with Gasteiger partial charge in [0.2, 0.25) is 0 Å². The molecule has 1 heterocycles. The molecular formula is C16H13Cl2N3S. The number of hydrogen-bond acceptors (Lipinski definition) is 3. The van der Waals surface area contributed by atoms with Gasteiger partial charge in [-0.3, -0.25) is 4.57 Å². The molecule has 0 radical (unpaired) electrons. The first-order valence-corrected chi connectivity index (χ1v) is 8.42. The third-order valence-electron chi connectivity index (χ3n) is 3.24. The van der Waals surface area contributed by atoms with E-state index < -0.39 is 0 Å². The highest BCUT2D eigenvalue weighted by molar-refractivity contribution is 7.98. The molecule has 0 fully saturated rings. The minimum Gasteiger partial charge on any atom is -0.276 e. The molecule has 0 aliphatic carbocycles. The van der Waals surface area contributed by atoms with E-state index in [1.54, 1.807) is 18.1 Å². The Morgan fingerprint density at radius 1 is 1.09 bits per heavy atom. The molecule has 0 bridgehead atoms. The number of para-hydroxylation sites is 1. The van der Waals surface area contributed by atoms with E-state index >= 15 is 0 Å². The summed E-state index contributed by atoms with van der Waals surface area (Å²) in [6, 6.07) is 13.8. The summed E-state index contributed by atoms with van der Waals surface area (Å²) in [5.74, 6) is 0.751. The zero-order chi connectivity index (χ0) is 15.5. The minimum absolute atomic E-state index is 0.568. The molecule has 0 aliphatic rings. The lowest BCUT2D eigenvalue weighted by atomic mass is 10.2. The Hall–Kier alpha value is -1.49. The SMILES string of the molecule is Cc1ccccc1-n1cnnc1SCc1ccc(Cl)c(Cl)c1. The van der Waals surface area contributed by atoms with Gasteiger partial charge in [0.25, 0.3) is 0 Å². The Kier molecular flexibility index (Phi) is 4.71. The number of halogens is 2. The highest BCUT2D eigenvalue weighted by Gasteiger charge is 2.09. The average Bonchev–Trinajstić information content (AvgIpc) is 2.97. The summed E-state index contributed by atoms with van der Waals surface area (Å²) in [6.45, 7) is 2.07. The van der Waals surface area contributed by atoms with Crippen LogP contribution in [0.3, 0.4) is 0 Å². The molecule has 0 spiro atoms. The number of aromatic nitrogens is 3. The van der Waals surface area contributed by atoms with Gasteiger partial charge in [-0.15, -0.1) is 10.2 Å². The molecular weight excluding hydrogens is 337 g/mol. The van der Waals surface area contributed by atoms with E-state index in [4.69, 9.17) is 23.2 Å². The second kappa shape index (κ2) is 6.73. The number of hydrogen-bond donors (Lipinski definition) is 0. The number of nitrogens with zero attached hydrogens (tertiary/aromatic N) is 3. The van der Waals surface area contributed by atoms with E-state index in [2.05, 4.69) is 29.3 Å². The van der Waals surface area contributed by atoms with Crippen molar-refractivity contribution in [2.75, 3.05) is 0 Å². The topological polar surface area (TPSA) is 30.7 Å². The van der Waals surface area contributed by atoms with Crippen LogP contribution >= 0.6 is 35.0 Å². The van der Waals surface area contributed by atoms with Crippen molar-refractivity contribution in [1.29, 1.82) is 0 Å². The summed E-state index contributed by atoms with van der Waals surface area (Å²) in [6.07, 6.45) is 1.74. The van der Waals surface area contributed by atoms with E-state index in [0.29, 0.717) is 10.0 Å². The largest absolute Gasteiger partial charge is 0.276 e. The molecule has 3 aromatic rings. The minimum atomic E-state index is 0.568. The summed E-state index contributed by atoms with van der Waals surface area (Å²) in [7, 11) is 0. The second-order valence-corrected chi connectivity index (χ2v) is 6.56. The van der Waals surface area contributed by atoms with Gasteiger partial charge in [0.1, 0.15) is 6.33 Å². The van der Waals surface area contributed by atoms with Crippen LogP contribution in [-0.4, -0.2) is 14.8 Å². The lowest BCUT2D eigenvalue weighted by molar-refractivity contribution is 0.878. The van der Waals surface area contributed by atoms with Crippen LogP contribution in [0.15, 0.2) is 53.9 Å². The van der Waals surface area contributed by atoms with Crippen molar-refractivity contribution >= 4 is 35.0 Å². The first kappa shape index (κ1) is 15.4. The van der Waals surface area contributed by atoms with Gasteiger partial charge in [-0.1, -0.05) is 59.2 Å². The van der Waals surface area contributed by atoms with Gasteiger partial charge in [-0.2, -0.15) is 0 Å². The highest BCUT2D eigenvalue weighted by atomic mass is 35.5. The quantitative estimate of drug-likeness (QED) is 0.608. The Balaban J connectivity index is 1.81. The maximum atomic E-state index is 6.05. The van der Waals surface area contributed by atoms with Crippen LogP contribution in [0.25, 0.3) is 5.69 Å². The van der Waals surface area contributed by atoms with Crippen molar-refractivity contribution in [2.24, 2.45) is 0 Å².